The Balaban J connectivity index is 2.25. The number of hydrogen-bond acceptors (Lipinski definition) is 1. The zero-order valence-electron chi connectivity index (χ0n) is 9.91. The van der Waals surface area contributed by atoms with Crippen molar-refractivity contribution in [3.63, 3.8) is 0 Å². The van der Waals surface area contributed by atoms with Gasteiger partial charge in [-0.15, -0.1) is 0 Å². The van der Waals surface area contributed by atoms with Crippen LogP contribution in [0.5, 0.6) is 0 Å². The number of hydrogen-bond donors (Lipinski definition) is 0. The van der Waals surface area contributed by atoms with Crippen molar-refractivity contribution in [2.24, 2.45) is 0 Å². The van der Waals surface area contributed by atoms with E-state index in [1.165, 1.54) is 0 Å². The average molecular weight is 324 g/mol. The molecule has 0 saturated heterocycles. The van der Waals surface area contributed by atoms with E-state index in [0.29, 0.717) is 17.0 Å². The van der Waals surface area contributed by atoms with E-state index in [0.717, 1.165) is 15.6 Å². The lowest BCUT2D eigenvalue weighted by Gasteiger charge is -2.06. The van der Waals surface area contributed by atoms with Gasteiger partial charge in [0.2, 0.25) is 0 Å². The lowest BCUT2D eigenvalue weighted by atomic mass is 9.99. The van der Waals surface area contributed by atoms with Gasteiger partial charge >= 0.3 is 0 Å². The third-order valence-corrected chi connectivity index (χ3v) is 3.65. The molecule has 1 nitrogen and oxygen atoms in total. The van der Waals surface area contributed by atoms with Gasteiger partial charge in [0, 0.05) is 16.5 Å². The molecule has 3 heteroatoms. The Hall–Kier alpha value is -1.12. The second-order valence-corrected chi connectivity index (χ2v) is 5.47. The van der Waals surface area contributed by atoms with Crippen molar-refractivity contribution in [1.29, 1.82) is 0 Å². The molecule has 0 saturated carbocycles. The Labute approximate surface area is 120 Å². The number of rotatable bonds is 3. The number of halogens is 2. The van der Waals surface area contributed by atoms with Crippen LogP contribution in [0.1, 0.15) is 21.5 Å². The average Bonchev–Trinajstić information content (AvgIpc) is 2.32. The first kappa shape index (κ1) is 13.3. The minimum atomic E-state index is 0.0433. The highest BCUT2D eigenvalue weighted by molar-refractivity contribution is 9.10. The van der Waals surface area contributed by atoms with Crippen LogP contribution in [0, 0.1) is 6.92 Å². The second-order valence-electron chi connectivity index (χ2n) is 4.15. The summed E-state index contributed by atoms with van der Waals surface area (Å²) in [5.41, 5.74) is 2.74. The first-order valence-corrected chi connectivity index (χ1v) is 6.78. The molecule has 18 heavy (non-hydrogen) atoms. The van der Waals surface area contributed by atoms with E-state index in [2.05, 4.69) is 15.9 Å². The largest absolute Gasteiger partial charge is 0.294 e. The van der Waals surface area contributed by atoms with Gasteiger partial charge in [0.25, 0.3) is 0 Å². The summed E-state index contributed by atoms with van der Waals surface area (Å²) < 4.78 is 0.875. The molecule has 0 spiro atoms. The van der Waals surface area contributed by atoms with Gasteiger partial charge in [-0.1, -0.05) is 51.8 Å². The van der Waals surface area contributed by atoms with Crippen LogP contribution in [-0.4, -0.2) is 5.78 Å². The summed E-state index contributed by atoms with van der Waals surface area (Å²) in [6, 6.07) is 13.2. The first-order valence-electron chi connectivity index (χ1n) is 5.60. The number of benzene rings is 2. The highest BCUT2D eigenvalue weighted by Gasteiger charge is 2.12. The minimum Gasteiger partial charge on any atom is -0.294 e. The highest BCUT2D eigenvalue weighted by atomic mass is 79.9. The summed E-state index contributed by atoms with van der Waals surface area (Å²) in [5, 5.41) is 0.489. The van der Waals surface area contributed by atoms with Crippen molar-refractivity contribution in [2.45, 2.75) is 13.3 Å². The molecule has 0 heterocycles. The zero-order valence-corrected chi connectivity index (χ0v) is 12.3. The standard InChI is InChI=1S/C15H12BrClO/c1-10-4-2-3-5-11(10)8-15(18)13-7-6-12(16)9-14(13)17/h2-7,9H,8H2,1H3. The third-order valence-electron chi connectivity index (χ3n) is 2.84. The molecule has 0 atom stereocenters. The van der Waals surface area contributed by atoms with Gasteiger partial charge in [0.15, 0.2) is 5.78 Å². The molecule has 0 bridgehead atoms. The summed E-state index contributed by atoms with van der Waals surface area (Å²) in [7, 11) is 0. The quantitative estimate of drug-likeness (QED) is 0.739. The molecule has 0 aromatic heterocycles. The van der Waals surface area contributed by atoms with Crippen molar-refractivity contribution in [2.75, 3.05) is 0 Å². The van der Waals surface area contributed by atoms with Crippen molar-refractivity contribution < 1.29 is 4.79 Å². The monoisotopic (exact) mass is 322 g/mol. The van der Waals surface area contributed by atoms with Crippen molar-refractivity contribution in [1.82, 2.24) is 0 Å². The molecule has 0 N–H and O–H groups in total. The van der Waals surface area contributed by atoms with Gasteiger partial charge in [-0.2, -0.15) is 0 Å². The van der Waals surface area contributed by atoms with E-state index in [1.54, 1.807) is 12.1 Å². The molecule has 0 amide bonds. The molecule has 2 rings (SSSR count). The smallest absolute Gasteiger partial charge is 0.168 e. The summed E-state index contributed by atoms with van der Waals surface area (Å²) >= 11 is 9.41. The summed E-state index contributed by atoms with van der Waals surface area (Å²) in [6.07, 6.45) is 0.383. The van der Waals surface area contributed by atoms with Crippen LogP contribution in [0.2, 0.25) is 5.02 Å². The summed E-state index contributed by atoms with van der Waals surface area (Å²) in [6.45, 7) is 2.01. The lowest BCUT2D eigenvalue weighted by molar-refractivity contribution is 0.0993. The van der Waals surface area contributed by atoms with E-state index in [1.807, 2.05) is 37.3 Å². The van der Waals surface area contributed by atoms with Gasteiger partial charge in [-0.05, 0) is 36.2 Å². The normalized spacial score (nSPS) is 10.4. The Morgan fingerprint density at radius 3 is 2.61 bits per heavy atom. The Morgan fingerprint density at radius 1 is 1.22 bits per heavy atom. The van der Waals surface area contributed by atoms with Crippen LogP contribution >= 0.6 is 27.5 Å². The van der Waals surface area contributed by atoms with Crippen molar-refractivity contribution >= 4 is 33.3 Å². The highest BCUT2D eigenvalue weighted by Crippen LogP contribution is 2.23. The van der Waals surface area contributed by atoms with Crippen LogP contribution in [-0.2, 0) is 6.42 Å². The molecular formula is C15H12BrClO. The molecular weight excluding hydrogens is 312 g/mol. The molecule has 0 radical (unpaired) electrons. The summed E-state index contributed by atoms with van der Waals surface area (Å²) in [4.78, 5) is 12.2. The topological polar surface area (TPSA) is 17.1 Å². The van der Waals surface area contributed by atoms with Crippen LogP contribution < -0.4 is 0 Å². The molecule has 0 unspecified atom stereocenters. The van der Waals surface area contributed by atoms with E-state index in [9.17, 15) is 4.79 Å². The second kappa shape index (κ2) is 5.68. The predicted octanol–water partition coefficient (Wildman–Crippen LogP) is 4.84. The van der Waals surface area contributed by atoms with Gasteiger partial charge in [-0.25, -0.2) is 0 Å². The van der Waals surface area contributed by atoms with Gasteiger partial charge in [0.05, 0.1) is 5.02 Å². The molecule has 2 aromatic rings. The van der Waals surface area contributed by atoms with E-state index >= 15 is 0 Å². The zero-order chi connectivity index (χ0) is 13.1. The van der Waals surface area contributed by atoms with Crippen molar-refractivity contribution in [3.05, 3.63) is 68.7 Å². The lowest BCUT2D eigenvalue weighted by Crippen LogP contribution is -2.05. The van der Waals surface area contributed by atoms with Crippen LogP contribution in [0.3, 0.4) is 0 Å². The maximum Gasteiger partial charge on any atom is 0.168 e. The van der Waals surface area contributed by atoms with E-state index < -0.39 is 0 Å². The van der Waals surface area contributed by atoms with Gasteiger partial charge in [-0.3, -0.25) is 4.79 Å². The van der Waals surface area contributed by atoms with Crippen LogP contribution in [0.25, 0.3) is 0 Å². The van der Waals surface area contributed by atoms with Crippen molar-refractivity contribution in [3.8, 4) is 0 Å². The number of Topliss-reactive ketones (excluding diaryl/α,β-unsaturated/α-hetero) is 1. The number of aryl methyl sites for hydroxylation is 1. The fraction of sp³-hybridized carbons (Fsp3) is 0.133. The predicted molar refractivity (Wildman–Crippen MR) is 78.4 cm³/mol. The molecule has 92 valence electrons. The Kier molecular flexibility index (Phi) is 4.20. The first-order chi connectivity index (χ1) is 8.58. The Bertz CT molecular complexity index is 593. The molecule has 0 fully saturated rings. The maximum atomic E-state index is 12.2. The molecule has 2 aromatic carbocycles. The number of ketones is 1. The third kappa shape index (κ3) is 3.01. The van der Waals surface area contributed by atoms with Crippen LogP contribution in [0.15, 0.2) is 46.9 Å². The van der Waals surface area contributed by atoms with Gasteiger partial charge in [0.1, 0.15) is 0 Å². The van der Waals surface area contributed by atoms with E-state index in [4.69, 9.17) is 11.6 Å². The molecule has 0 aliphatic carbocycles. The molecule has 0 aliphatic rings. The fourth-order valence-electron chi connectivity index (χ4n) is 1.79. The Morgan fingerprint density at radius 2 is 1.94 bits per heavy atom. The van der Waals surface area contributed by atoms with E-state index in [-0.39, 0.29) is 5.78 Å². The molecule has 0 aliphatic heterocycles. The minimum absolute atomic E-state index is 0.0433. The summed E-state index contributed by atoms with van der Waals surface area (Å²) in [5.74, 6) is 0.0433. The van der Waals surface area contributed by atoms with Crippen LogP contribution in [0.4, 0.5) is 0 Å². The maximum absolute atomic E-state index is 12.2. The number of carbonyl (C=O) groups is 1. The van der Waals surface area contributed by atoms with Gasteiger partial charge < -0.3 is 0 Å². The fourth-order valence-corrected chi connectivity index (χ4v) is 2.57. The SMILES string of the molecule is Cc1ccccc1CC(=O)c1ccc(Br)cc1Cl. The number of carbonyl (C=O) groups excluding carboxylic acids is 1.